The van der Waals surface area contributed by atoms with Gasteiger partial charge < -0.3 is 24.4 Å². The monoisotopic (exact) mass is 402 g/mol. The minimum atomic E-state index is 0.124. The van der Waals surface area contributed by atoms with E-state index in [-0.39, 0.29) is 5.54 Å². The molecular weight excluding hydrogens is 376 g/mol. The van der Waals surface area contributed by atoms with Gasteiger partial charge in [0.2, 0.25) is 5.89 Å². The van der Waals surface area contributed by atoms with Gasteiger partial charge in [0.05, 0.1) is 18.8 Å². The number of anilines is 1. The molecule has 0 aliphatic carbocycles. The maximum atomic E-state index is 6.14. The van der Waals surface area contributed by atoms with Crippen LogP contribution in [0.15, 0.2) is 59.3 Å². The zero-order valence-electron chi connectivity index (χ0n) is 17.5. The number of nitrogens with one attached hydrogen (secondary N) is 2. The van der Waals surface area contributed by atoms with Crippen LogP contribution in [0.3, 0.4) is 0 Å². The number of fused-ring (bicyclic) bond motifs is 1. The van der Waals surface area contributed by atoms with E-state index in [1.54, 1.807) is 13.3 Å². The molecule has 1 aliphatic heterocycles. The van der Waals surface area contributed by atoms with Crippen molar-refractivity contribution in [3.63, 3.8) is 0 Å². The number of methoxy groups -OCH3 is 1. The molecule has 0 saturated carbocycles. The van der Waals surface area contributed by atoms with Crippen LogP contribution in [0.5, 0.6) is 5.75 Å². The first-order valence-electron chi connectivity index (χ1n) is 10.2. The number of H-pyrrole nitrogens is 1. The molecule has 3 heterocycles. The van der Waals surface area contributed by atoms with E-state index in [1.165, 1.54) is 5.69 Å². The molecule has 2 aromatic carbocycles. The van der Waals surface area contributed by atoms with Gasteiger partial charge in [-0.1, -0.05) is 0 Å². The van der Waals surface area contributed by atoms with E-state index in [0.29, 0.717) is 5.89 Å². The van der Waals surface area contributed by atoms with Gasteiger partial charge in [-0.2, -0.15) is 0 Å². The van der Waals surface area contributed by atoms with Gasteiger partial charge in [0.15, 0.2) is 5.76 Å². The van der Waals surface area contributed by atoms with Crippen LogP contribution in [0.25, 0.3) is 33.7 Å². The largest absolute Gasteiger partial charge is 0.495 e. The van der Waals surface area contributed by atoms with E-state index in [1.807, 2.05) is 24.4 Å². The second kappa shape index (κ2) is 7.22. The number of oxazole rings is 1. The zero-order chi connectivity index (χ0) is 20.7. The van der Waals surface area contributed by atoms with Crippen molar-refractivity contribution in [2.75, 3.05) is 31.6 Å². The molecular formula is C24H26N4O2. The summed E-state index contributed by atoms with van der Waals surface area (Å²) in [4.78, 5) is 10.2. The summed E-state index contributed by atoms with van der Waals surface area (Å²) in [5.41, 5.74) is 4.26. The van der Waals surface area contributed by atoms with Crippen molar-refractivity contribution in [3.8, 4) is 28.5 Å². The number of aromatic amines is 1. The maximum Gasteiger partial charge on any atom is 0.227 e. The second-order valence-electron chi connectivity index (χ2n) is 8.39. The van der Waals surface area contributed by atoms with Crippen molar-refractivity contribution in [1.29, 1.82) is 0 Å². The highest BCUT2D eigenvalue weighted by atomic mass is 16.5. The standard InChI is InChI=1S/C24H26N4O2/c1-24(2)15-28(13-12-27-24)17-6-4-16(5-7-17)21-14-26-23(30-21)19-8-9-20(29-3)22-18(19)10-11-25-22/h4-11,14,25,27H,12-13,15H2,1-3H3. The van der Waals surface area contributed by atoms with E-state index in [0.717, 1.165) is 53.2 Å². The maximum absolute atomic E-state index is 6.14. The van der Waals surface area contributed by atoms with E-state index >= 15 is 0 Å². The molecule has 0 amide bonds. The number of nitrogens with zero attached hydrogens (tertiary/aromatic N) is 2. The van der Waals surface area contributed by atoms with Crippen molar-refractivity contribution in [2.45, 2.75) is 19.4 Å². The Labute approximate surface area is 175 Å². The molecule has 30 heavy (non-hydrogen) atoms. The topological polar surface area (TPSA) is 66.3 Å². The van der Waals surface area contributed by atoms with E-state index in [2.05, 4.69) is 58.3 Å². The fourth-order valence-corrected chi connectivity index (χ4v) is 4.22. The summed E-state index contributed by atoms with van der Waals surface area (Å²) in [5.74, 6) is 2.17. The number of hydrogen-bond acceptors (Lipinski definition) is 5. The number of ether oxygens (including phenoxy) is 1. The summed E-state index contributed by atoms with van der Waals surface area (Å²) in [6.45, 7) is 7.48. The average Bonchev–Trinajstić information content (AvgIpc) is 3.43. The lowest BCUT2D eigenvalue weighted by atomic mass is 10.0. The van der Waals surface area contributed by atoms with E-state index in [4.69, 9.17) is 9.15 Å². The normalized spacial score (nSPS) is 16.2. The molecule has 0 bridgehead atoms. The Morgan fingerprint density at radius 1 is 1.10 bits per heavy atom. The molecule has 5 rings (SSSR count). The fourth-order valence-electron chi connectivity index (χ4n) is 4.22. The van der Waals surface area contributed by atoms with Crippen LogP contribution in [0.4, 0.5) is 5.69 Å². The molecule has 6 nitrogen and oxygen atoms in total. The molecule has 0 spiro atoms. The van der Waals surface area contributed by atoms with E-state index < -0.39 is 0 Å². The smallest absolute Gasteiger partial charge is 0.227 e. The minimum absolute atomic E-state index is 0.124. The number of rotatable bonds is 4. The Balaban J connectivity index is 1.42. The number of benzene rings is 2. The van der Waals surface area contributed by atoms with Crippen LogP contribution >= 0.6 is 0 Å². The number of aromatic nitrogens is 2. The molecule has 0 radical (unpaired) electrons. The van der Waals surface area contributed by atoms with Crippen LogP contribution < -0.4 is 15.0 Å². The molecule has 1 fully saturated rings. The quantitative estimate of drug-likeness (QED) is 0.519. The van der Waals surface area contributed by atoms with Gasteiger partial charge in [0.1, 0.15) is 5.75 Å². The number of hydrogen-bond donors (Lipinski definition) is 2. The van der Waals surface area contributed by atoms with Crippen molar-refractivity contribution in [1.82, 2.24) is 15.3 Å². The van der Waals surface area contributed by atoms with Crippen LogP contribution in [-0.4, -0.2) is 42.3 Å². The summed E-state index contributed by atoms with van der Waals surface area (Å²) in [6.07, 6.45) is 3.69. The lowest BCUT2D eigenvalue weighted by Crippen LogP contribution is -2.57. The highest BCUT2D eigenvalue weighted by Crippen LogP contribution is 2.35. The highest BCUT2D eigenvalue weighted by molar-refractivity contribution is 5.96. The van der Waals surface area contributed by atoms with Crippen LogP contribution in [0.1, 0.15) is 13.8 Å². The molecule has 0 atom stereocenters. The summed E-state index contributed by atoms with van der Waals surface area (Å²) in [7, 11) is 1.67. The van der Waals surface area contributed by atoms with Gasteiger partial charge in [-0.3, -0.25) is 0 Å². The van der Waals surface area contributed by atoms with Crippen LogP contribution in [0.2, 0.25) is 0 Å². The molecule has 6 heteroatoms. The van der Waals surface area contributed by atoms with Crippen LogP contribution in [0, 0.1) is 0 Å². The molecule has 2 N–H and O–H groups in total. The van der Waals surface area contributed by atoms with Crippen molar-refractivity contribution in [3.05, 3.63) is 54.9 Å². The van der Waals surface area contributed by atoms with Crippen molar-refractivity contribution in [2.24, 2.45) is 0 Å². The van der Waals surface area contributed by atoms with Gasteiger partial charge in [-0.05, 0) is 56.3 Å². The summed E-state index contributed by atoms with van der Waals surface area (Å²) in [6, 6.07) is 14.5. The minimum Gasteiger partial charge on any atom is -0.495 e. The third-order valence-corrected chi connectivity index (χ3v) is 5.73. The molecule has 4 aromatic rings. The summed E-state index contributed by atoms with van der Waals surface area (Å²) in [5, 5.41) is 4.58. The molecule has 1 aliphatic rings. The summed E-state index contributed by atoms with van der Waals surface area (Å²) < 4.78 is 11.6. The van der Waals surface area contributed by atoms with Crippen molar-refractivity contribution >= 4 is 16.6 Å². The Kier molecular flexibility index (Phi) is 4.51. The third-order valence-electron chi connectivity index (χ3n) is 5.73. The van der Waals surface area contributed by atoms with Gasteiger partial charge in [0.25, 0.3) is 0 Å². The van der Waals surface area contributed by atoms with Gasteiger partial charge in [-0.15, -0.1) is 0 Å². The third kappa shape index (κ3) is 3.33. The average molecular weight is 402 g/mol. The predicted octanol–water partition coefficient (Wildman–Crippen LogP) is 4.69. The SMILES string of the molecule is COc1ccc(-c2ncc(-c3ccc(N4CCNC(C)(C)C4)cc3)o2)c2cc[nH]c12. The van der Waals surface area contributed by atoms with Gasteiger partial charge in [-0.25, -0.2) is 4.98 Å². The lowest BCUT2D eigenvalue weighted by Gasteiger charge is -2.40. The summed E-state index contributed by atoms with van der Waals surface area (Å²) >= 11 is 0. The molecule has 2 aromatic heterocycles. The lowest BCUT2D eigenvalue weighted by molar-refractivity contribution is 0.353. The fraction of sp³-hybridized carbons (Fsp3) is 0.292. The number of piperazine rings is 1. The Morgan fingerprint density at radius 2 is 1.93 bits per heavy atom. The predicted molar refractivity (Wildman–Crippen MR) is 120 cm³/mol. The van der Waals surface area contributed by atoms with E-state index in [9.17, 15) is 0 Å². The first kappa shape index (κ1) is 18.8. The van der Waals surface area contributed by atoms with Crippen molar-refractivity contribution < 1.29 is 9.15 Å². The Bertz CT molecular complexity index is 1170. The molecule has 0 unspecified atom stereocenters. The van der Waals surface area contributed by atoms with Gasteiger partial charge >= 0.3 is 0 Å². The first-order valence-corrected chi connectivity index (χ1v) is 10.2. The Hall–Kier alpha value is -3.25. The zero-order valence-corrected chi connectivity index (χ0v) is 17.5. The highest BCUT2D eigenvalue weighted by Gasteiger charge is 2.25. The van der Waals surface area contributed by atoms with Crippen LogP contribution in [-0.2, 0) is 0 Å². The first-order chi connectivity index (χ1) is 14.5. The molecule has 154 valence electrons. The second-order valence-corrected chi connectivity index (χ2v) is 8.39. The Morgan fingerprint density at radius 3 is 2.70 bits per heavy atom. The molecule has 1 saturated heterocycles. The van der Waals surface area contributed by atoms with Gasteiger partial charge in [0, 0.05) is 53.6 Å².